The average molecular weight is 940 g/mol. The minimum Gasteiger partial charge on any atom is -0.756 e. The second-order valence-electron chi connectivity index (χ2n) is 20.3. The Hall–Kier alpha value is -1.02. The van der Waals surface area contributed by atoms with Gasteiger partial charge in [0.2, 0.25) is 0 Å². The molecule has 0 spiro atoms. The lowest BCUT2D eigenvalue weighted by molar-refractivity contribution is -0.870. The number of allylic oxidation sites excluding steroid dienone is 4. The zero-order chi connectivity index (χ0) is 47.6. The second kappa shape index (κ2) is 49.4. The van der Waals surface area contributed by atoms with Crippen LogP contribution < -0.4 is 4.89 Å². The molecule has 0 radical (unpaired) electrons. The highest BCUT2D eigenvalue weighted by atomic mass is 31.2. The fourth-order valence-corrected chi connectivity index (χ4v) is 8.90. The lowest BCUT2D eigenvalue weighted by Gasteiger charge is -2.28. The molecule has 0 aliphatic heterocycles. The monoisotopic (exact) mass is 940 g/mol. The van der Waals surface area contributed by atoms with Gasteiger partial charge in [-0.3, -0.25) is 9.36 Å². The van der Waals surface area contributed by atoms with Gasteiger partial charge in [-0.25, -0.2) is 0 Å². The van der Waals surface area contributed by atoms with Gasteiger partial charge in [0, 0.05) is 13.0 Å². The minimum absolute atomic E-state index is 0.0268. The van der Waals surface area contributed by atoms with E-state index in [1.807, 2.05) is 21.1 Å². The number of phosphoric acid groups is 1. The van der Waals surface area contributed by atoms with Crippen molar-refractivity contribution in [3.63, 3.8) is 0 Å². The van der Waals surface area contributed by atoms with E-state index in [1.54, 1.807) is 0 Å². The molecule has 0 aliphatic carbocycles. The lowest BCUT2D eigenvalue weighted by atomic mass is 10.0. The number of ether oxygens (including phenoxy) is 2. The first kappa shape index (κ1) is 64.0. The van der Waals surface area contributed by atoms with Crippen molar-refractivity contribution in [2.24, 2.45) is 0 Å². The van der Waals surface area contributed by atoms with Crippen molar-refractivity contribution < 1.29 is 37.3 Å². The van der Waals surface area contributed by atoms with Gasteiger partial charge in [-0.05, 0) is 44.9 Å². The molecule has 0 saturated heterocycles. The summed E-state index contributed by atoms with van der Waals surface area (Å²) in [7, 11) is 1.36. The normalized spacial score (nSPS) is 13.6. The van der Waals surface area contributed by atoms with Crippen LogP contribution in [0.1, 0.15) is 271 Å². The molecule has 0 fully saturated rings. The van der Waals surface area contributed by atoms with E-state index in [0.29, 0.717) is 24.1 Å². The van der Waals surface area contributed by atoms with Crippen LogP contribution in [0.15, 0.2) is 24.3 Å². The molecule has 65 heavy (non-hydrogen) atoms. The first-order chi connectivity index (χ1) is 31.6. The van der Waals surface area contributed by atoms with Gasteiger partial charge in [0.25, 0.3) is 7.82 Å². The van der Waals surface area contributed by atoms with Crippen molar-refractivity contribution >= 4 is 13.8 Å². The molecular formula is C56H110NO7P. The van der Waals surface area contributed by atoms with Gasteiger partial charge in [-0.2, -0.15) is 0 Å². The van der Waals surface area contributed by atoms with Crippen LogP contribution in [0.3, 0.4) is 0 Å². The summed E-state index contributed by atoms with van der Waals surface area (Å²) in [5.74, 6) is -0.336. The summed E-state index contributed by atoms with van der Waals surface area (Å²) in [6.45, 7) is 5.44. The Bertz CT molecular complexity index is 1090. The van der Waals surface area contributed by atoms with E-state index in [2.05, 4.69) is 38.2 Å². The number of hydrogen-bond donors (Lipinski definition) is 0. The van der Waals surface area contributed by atoms with Gasteiger partial charge in [0.1, 0.15) is 19.3 Å². The Morgan fingerprint density at radius 3 is 1.28 bits per heavy atom. The molecule has 0 aromatic heterocycles. The first-order valence-corrected chi connectivity index (χ1v) is 29.5. The number of phosphoric ester groups is 1. The van der Waals surface area contributed by atoms with E-state index in [9.17, 15) is 14.3 Å². The topological polar surface area (TPSA) is 94.1 Å². The van der Waals surface area contributed by atoms with Gasteiger partial charge < -0.3 is 27.9 Å². The van der Waals surface area contributed by atoms with Crippen molar-refractivity contribution in [1.82, 2.24) is 0 Å². The summed E-state index contributed by atoms with van der Waals surface area (Å²) >= 11 is 0. The summed E-state index contributed by atoms with van der Waals surface area (Å²) in [6, 6.07) is 0. The van der Waals surface area contributed by atoms with Crippen LogP contribution in [0.2, 0.25) is 0 Å². The third-order valence-electron chi connectivity index (χ3n) is 12.5. The molecule has 386 valence electrons. The molecule has 2 unspecified atom stereocenters. The standard InChI is InChI=1S/C56H110NO7P/c1-6-8-10-12-14-16-18-20-22-24-25-26-27-28-29-30-31-32-34-36-38-40-42-44-46-48-51-61-53-55(54-63-65(59,60)62-52-50-57(3,4)5)64-56(58)49-47-45-43-41-39-37-35-33-23-21-19-17-15-13-11-9-7-2/h15,17,21,23,55H,6-14,16,18-20,22,24-54H2,1-5H3/b17-15-,23-21-. The Morgan fingerprint density at radius 2 is 0.846 bits per heavy atom. The Kier molecular flexibility index (Phi) is 48.6. The fraction of sp³-hybridized carbons (Fsp3) is 0.911. The number of carbonyl (C=O) groups excluding carboxylic acids is 1. The molecule has 0 saturated carbocycles. The van der Waals surface area contributed by atoms with Crippen LogP contribution in [0.5, 0.6) is 0 Å². The van der Waals surface area contributed by atoms with Gasteiger partial charge in [0.05, 0.1) is 34.4 Å². The van der Waals surface area contributed by atoms with Crippen LogP contribution in [0, 0.1) is 0 Å². The summed E-state index contributed by atoms with van der Waals surface area (Å²) in [5, 5.41) is 0. The first-order valence-electron chi connectivity index (χ1n) is 28.1. The quantitative estimate of drug-likeness (QED) is 0.0197. The molecule has 0 aliphatic rings. The smallest absolute Gasteiger partial charge is 0.306 e. The summed E-state index contributed by atoms with van der Waals surface area (Å²) in [4.78, 5) is 25.2. The summed E-state index contributed by atoms with van der Waals surface area (Å²) in [6.07, 6.45) is 59.3. The molecule has 9 heteroatoms. The number of carbonyl (C=O) groups is 1. The van der Waals surface area contributed by atoms with Crippen molar-refractivity contribution in [3.05, 3.63) is 24.3 Å². The lowest BCUT2D eigenvalue weighted by Crippen LogP contribution is -2.37. The zero-order valence-electron chi connectivity index (χ0n) is 44.0. The number of unbranched alkanes of at least 4 members (excludes halogenated alkanes) is 35. The maximum absolute atomic E-state index is 12.8. The highest BCUT2D eigenvalue weighted by Gasteiger charge is 2.20. The molecule has 0 aromatic rings. The van der Waals surface area contributed by atoms with E-state index in [1.165, 1.54) is 205 Å². The van der Waals surface area contributed by atoms with Gasteiger partial charge >= 0.3 is 5.97 Å². The van der Waals surface area contributed by atoms with Gasteiger partial charge in [0.15, 0.2) is 0 Å². The Morgan fingerprint density at radius 1 is 0.477 bits per heavy atom. The molecule has 0 rings (SSSR count). The highest BCUT2D eigenvalue weighted by molar-refractivity contribution is 7.45. The fourth-order valence-electron chi connectivity index (χ4n) is 8.17. The number of quaternary nitrogens is 1. The molecule has 0 heterocycles. The van der Waals surface area contributed by atoms with Gasteiger partial charge in [-0.15, -0.1) is 0 Å². The highest BCUT2D eigenvalue weighted by Crippen LogP contribution is 2.38. The van der Waals surface area contributed by atoms with Crippen molar-refractivity contribution in [1.29, 1.82) is 0 Å². The van der Waals surface area contributed by atoms with Crippen LogP contribution in [-0.4, -0.2) is 70.7 Å². The molecule has 8 nitrogen and oxygen atoms in total. The van der Waals surface area contributed by atoms with Crippen LogP contribution >= 0.6 is 7.82 Å². The predicted octanol–water partition coefficient (Wildman–Crippen LogP) is 16.9. The van der Waals surface area contributed by atoms with E-state index in [0.717, 1.165) is 44.9 Å². The number of rotatable bonds is 53. The number of hydrogen-bond acceptors (Lipinski definition) is 7. The molecule has 0 bridgehead atoms. The third kappa shape index (κ3) is 53.8. The van der Waals surface area contributed by atoms with Crippen molar-refractivity contribution in [2.45, 2.75) is 277 Å². The molecule has 0 amide bonds. The number of esters is 1. The van der Waals surface area contributed by atoms with Crippen molar-refractivity contribution in [2.75, 3.05) is 54.1 Å². The summed E-state index contributed by atoms with van der Waals surface area (Å²) < 4.78 is 34.8. The van der Waals surface area contributed by atoms with E-state index < -0.39 is 13.9 Å². The third-order valence-corrected chi connectivity index (χ3v) is 13.5. The molecule has 0 aromatic carbocycles. The van der Waals surface area contributed by atoms with Gasteiger partial charge in [-0.1, -0.05) is 244 Å². The second-order valence-corrected chi connectivity index (χ2v) is 21.7. The molecule has 0 N–H and O–H groups in total. The van der Waals surface area contributed by atoms with Crippen LogP contribution in [0.25, 0.3) is 0 Å². The maximum atomic E-state index is 12.8. The number of likely N-dealkylation sites (N-methyl/N-ethyl adjacent to an activating group) is 1. The largest absolute Gasteiger partial charge is 0.756 e. The summed E-state index contributed by atoms with van der Waals surface area (Å²) in [5.41, 5.74) is 0. The van der Waals surface area contributed by atoms with E-state index in [4.69, 9.17) is 18.5 Å². The van der Waals surface area contributed by atoms with Crippen LogP contribution in [-0.2, 0) is 27.9 Å². The Labute approximate surface area is 404 Å². The van der Waals surface area contributed by atoms with E-state index >= 15 is 0 Å². The number of nitrogens with zero attached hydrogens (tertiary/aromatic N) is 1. The molecular weight excluding hydrogens is 830 g/mol. The minimum atomic E-state index is -4.53. The zero-order valence-corrected chi connectivity index (χ0v) is 44.9. The molecule has 2 atom stereocenters. The van der Waals surface area contributed by atoms with E-state index in [-0.39, 0.29) is 25.8 Å². The van der Waals surface area contributed by atoms with Crippen LogP contribution in [0.4, 0.5) is 0 Å². The predicted molar refractivity (Wildman–Crippen MR) is 277 cm³/mol. The maximum Gasteiger partial charge on any atom is 0.306 e. The Balaban J connectivity index is 4.01. The SMILES string of the molecule is CCCCC/C=C\C/C=C\CCCCCCCCCC(=O)OC(COCCCCCCCCCCCCCCCCCCCCCCCCCCCC)COP(=O)([O-])OCC[N+](C)(C)C. The van der Waals surface area contributed by atoms with Crippen molar-refractivity contribution in [3.8, 4) is 0 Å². The average Bonchev–Trinajstić information content (AvgIpc) is 3.27.